The zero-order chi connectivity index (χ0) is 20.9. The van der Waals surface area contributed by atoms with Gasteiger partial charge >= 0.3 is 11.6 Å². The molecular formula is C22H23NO6. The molecule has 1 N–H and O–H groups in total. The minimum atomic E-state index is -0.823. The molecule has 1 saturated heterocycles. The van der Waals surface area contributed by atoms with Gasteiger partial charge in [-0.05, 0) is 56.4 Å². The highest BCUT2D eigenvalue weighted by atomic mass is 16.4. The van der Waals surface area contributed by atoms with Gasteiger partial charge in [0.05, 0.1) is 29.6 Å². The van der Waals surface area contributed by atoms with E-state index in [0.29, 0.717) is 53.6 Å². The highest BCUT2D eigenvalue weighted by molar-refractivity contribution is 6.07. The van der Waals surface area contributed by atoms with Crippen LogP contribution in [0.1, 0.15) is 35.1 Å². The molecule has 0 atom stereocenters. The quantitative estimate of drug-likeness (QED) is 0.681. The number of fused-ring (bicyclic) bond motifs is 3. The van der Waals surface area contributed by atoms with Crippen molar-refractivity contribution in [2.45, 2.75) is 40.0 Å². The highest BCUT2D eigenvalue weighted by Crippen LogP contribution is 2.34. The molecule has 0 aliphatic carbocycles. The number of carbonyl (C=O) groups is 2. The third-order valence-electron chi connectivity index (χ3n) is 5.99. The van der Waals surface area contributed by atoms with Crippen LogP contribution in [0.4, 0.5) is 0 Å². The summed E-state index contributed by atoms with van der Waals surface area (Å²) in [6.45, 7) is 6.48. The van der Waals surface area contributed by atoms with Crippen molar-refractivity contribution in [2.75, 3.05) is 13.1 Å². The topological polar surface area (TPSA) is 101 Å². The molecule has 29 heavy (non-hydrogen) atoms. The Labute approximate surface area is 166 Å². The lowest BCUT2D eigenvalue weighted by atomic mass is 9.96. The third-order valence-corrected chi connectivity index (χ3v) is 5.99. The first-order valence-electron chi connectivity index (χ1n) is 9.72. The Morgan fingerprint density at radius 3 is 2.48 bits per heavy atom. The summed E-state index contributed by atoms with van der Waals surface area (Å²) in [5.41, 5.74) is 3.56. The van der Waals surface area contributed by atoms with Crippen LogP contribution in [0.25, 0.3) is 21.9 Å². The average Bonchev–Trinajstić information content (AvgIpc) is 3.07. The Morgan fingerprint density at radius 1 is 1.14 bits per heavy atom. The number of carbonyl (C=O) groups excluding carboxylic acids is 1. The maximum absolute atomic E-state index is 12.8. The number of carboxylic acids is 1. The fraction of sp³-hybridized carbons (Fsp3) is 0.409. The van der Waals surface area contributed by atoms with Crippen molar-refractivity contribution in [1.82, 2.24) is 4.90 Å². The van der Waals surface area contributed by atoms with Crippen LogP contribution in [0, 0.1) is 26.7 Å². The number of hydrogen-bond donors (Lipinski definition) is 1. The molecule has 1 aliphatic heterocycles. The van der Waals surface area contributed by atoms with Gasteiger partial charge in [-0.3, -0.25) is 9.59 Å². The Bertz CT molecular complexity index is 1190. The number of benzene rings is 1. The minimum Gasteiger partial charge on any atom is -0.481 e. The van der Waals surface area contributed by atoms with E-state index in [-0.39, 0.29) is 12.3 Å². The highest BCUT2D eigenvalue weighted by Gasteiger charge is 2.28. The first-order valence-corrected chi connectivity index (χ1v) is 9.72. The Balaban J connectivity index is 1.70. The van der Waals surface area contributed by atoms with Gasteiger partial charge in [-0.15, -0.1) is 0 Å². The molecule has 2 aromatic heterocycles. The third kappa shape index (κ3) is 3.20. The van der Waals surface area contributed by atoms with E-state index in [4.69, 9.17) is 13.9 Å². The van der Waals surface area contributed by atoms with E-state index < -0.39 is 17.5 Å². The first kappa shape index (κ1) is 19.2. The van der Waals surface area contributed by atoms with E-state index in [2.05, 4.69) is 0 Å². The van der Waals surface area contributed by atoms with Crippen LogP contribution in [-0.2, 0) is 16.0 Å². The zero-order valence-electron chi connectivity index (χ0n) is 16.7. The summed E-state index contributed by atoms with van der Waals surface area (Å²) < 4.78 is 11.3. The lowest BCUT2D eigenvalue weighted by molar-refractivity contribution is -0.145. The molecule has 0 bridgehead atoms. The van der Waals surface area contributed by atoms with Gasteiger partial charge in [-0.25, -0.2) is 4.79 Å². The molecule has 1 aromatic carbocycles. The van der Waals surface area contributed by atoms with Crippen molar-refractivity contribution in [3.8, 4) is 0 Å². The number of rotatable bonds is 3. The van der Waals surface area contributed by atoms with Crippen molar-refractivity contribution in [3.63, 3.8) is 0 Å². The molecule has 1 aliphatic rings. The number of amides is 1. The Kier molecular flexibility index (Phi) is 4.68. The van der Waals surface area contributed by atoms with E-state index in [9.17, 15) is 14.4 Å². The number of aryl methyl sites for hydroxylation is 3. The van der Waals surface area contributed by atoms with E-state index in [1.165, 1.54) is 0 Å². The number of likely N-dealkylation sites (tertiary alicyclic amines) is 1. The Hall–Kier alpha value is -3.09. The van der Waals surface area contributed by atoms with Crippen LogP contribution in [0.15, 0.2) is 26.0 Å². The second kappa shape index (κ2) is 7.06. The first-order chi connectivity index (χ1) is 13.8. The van der Waals surface area contributed by atoms with Crippen molar-refractivity contribution in [2.24, 2.45) is 5.92 Å². The second-order valence-corrected chi connectivity index (χ2v) is 7.85. The van der Waals surface area contributed by atoms with Gasteiger partial charge in [0.2, 0.25) is 5.91 Å². The van der Waals surface area contributed by atoms with E-state index >= 15 is 0 Å². The average molecular weight is 397 g/mol. The normalized spacial score (nSPS) is 15.3. The molecule has 3 heterocycles. The maximum Gasteiger partial charge on any atom is 0.340 e. The van der Waals surface area contributed by atoms with Crippen LogP contribution >= 0.6 is 0 Å². The maximum atomic E-state index is 12.8. The van der Waals surface area contributed by atoms with Crippen LogP contribution in [0.3, 0.4) is 0 Å². The number of carboxylic acid groups (broad SMARTS) is 1. The number of aliphatic carboxylic acids is 1. The lowest BCUT2D eigenvalue weighted by Gasteiger charge is -2.30. The van der Waals surface area contributed by atoms with Gasteiger partial charge < -0.3 is 18.8 Å². The molecule has 1 amide bonds. The number of piperidine rings is 1. The fourth-order valence-corrected chi connectivity index (χ4v) is 4.32. The summed E-state index contributed by atoms with van der Waals surface area (Å²) in [4.78, 5) is 38.1. The monoisotopic (exact) mass is 397 g/mol. The van der Waals surface area contributed by atoms with Crippen LogP contribution < -0.4 is 5.63 Å². The minimum absolute atomic E-state index is 0.0725. The molecule has 0 radical (unpaired) electrons. The molecule has 0 unspecified atom stereocenters. The summed E-state index contributed by atoms with van der Waals surface area (Å²) in [5, 5.41) is 10.8. The van der Waals surface area contributed by atoms with Gasteiger partial charge in [0.25, 0.3) is 0 Å². The number of hydrogen-bond acceptors (Lipinski definition) is 5. The lowest BCUT2D eigenvalue weighted by Crippen LogP contribution is -2.41. The van der Waals surface area contributed by atoms with Crippen LogP contribution in [0.2, 0.25) is 0 Å². The molecule has 1 fully saturated rings. The smallest absolute Gasteiger partial charge is 0.340 e. The van der Waals surface area contributed by atoms with E-state index in [1.807, 2.05) is 26.8 Å². The SMILES string of the molecule is Cc1coc2c1c(C)cc1oc(=O)c(CC(=O)N3CCC(C(=O)O)CC3)c(C)c12. The molecule has 3 aromatic rings. The van der Waals surface area contributed by atoms with Crippen molar-refractivity contribution in [3.05, 3.63) is 45.0 Å². The standard InChI is InChI=1S/C22H23NO6/c1-11-8-16-19(20-18(11)12(2)10-28-20)13(3)15(22(27)29-16)9-17(24)23-6-4-14(5-7-23)21(25)26/h8,10,14H,4-7,9H2,1-3H3,(H,25,26). The second-order valence-electron chi connectivity index (χ2n) is 7.85. The van der Waals surface area contributed by atoms with Gasteiger partial charge in [0.1, 0.15) is 11.2 Å². The van der Waals surface area contributed by atoms with Crippen molar-refractivity contribution < 1.29 is 23.5 Å². The van der Waals surface area contributed by atoms with E-state index in [1.54, 1.807) is 11.2 Å². The summed E-state index contributed by atoms with van der Waals surface area (Å²) in [5.74, 6) is -1.43. The van der Waals surface area contributed by atoms with Gasteiger partial charge in [0.15, 0.2) is 0 Å². The molecule has 0 saturated carbocycles. The van der Waals surface area contributed by atoms with Gasteiger partial charge in [-0.1, -0.05) is 0 Å². The Morgan fingerprint density at radius 2 is 1.83 bits per heavy atom. The molecule has 7 nitrogen and oxygen atoms in total. The molecule has 152 valence electrons. The van der Waals surface area contributed by atoms with Crippen LogP contribution in [0.5, 0.6) is 0 Å². The molecule has 0 spiro atoms. The zero-order valence-corrected chi connectivity index (χ0v) is 16.7. The summed E-state index contributed by atoms with van der Waals surface area (Å²) in [7, 11) is 0. The van der Waals surface area contributed by atoms with Crippen molar-refractivity contribution >= 4 is 33.8 Å². The van der Waals surface area contributed by atoms with Gasteiger partial charge in [0, 0.05) is 18.5 Å². The summed E-state index contributed by atoms with van der Waals surface area (Å²) in [6.07, 6.45) is 2.46. The predicted octanol–water partition coefficient (Wildman–Crippen LogP) is 3.33. The van der Waals surface area contributed by atoms with E-state index in [0.717, 1.165) is 16.5 Å². The molecule has 7 heteroatoms. The number of furan rings is 1. The molecular weight excluding hydrogens is 374 g/mol. The summed E-state index contributed by atoms with van der Waals surface area (Å²) >= 11 is 0. The largest absolute Gasteiger partial charge is 0.481 e. The van der Waals surface area contributed by atoms with Gasteiger partial charge in [-0.2, -0.15) is 0 Å². The van der Waals surface area contributed by atoms with Crippen molar-refractivity contribution in [1.29, 1.82) is 0 Å². The number of nitrogens with zero attached hydrogens (tertiary/aromatic N) is 1. The molecule has 4 rings (SSSR count). The van der Waals surface area contributed by atoms with Crippen LogP contribution in [-0.4, -0.2) is 35.0 Å². The fourth-order valence-electron chi connectivity index (χ4n) is 4.32. The summed E-state index contributed by atoms with van der Waals surface area (Å²) in [6, 6.07) is 1.83. The predicted molar refractivity (Wildman–Crippen MR) is 107 cm³/mol.